The minimum Gasteiger partial charge on any atom is -0.481 e. The van der Waals surface area contributed by atoms with Crippen molar-refractivity contribution in [1.29, 1.82) is 0 Å². The average Bonchev–Trinajstić information content (AvgIpc) is 2.95. The second-order valence-electron chi connectivity index (χ2n) is 7.15. The highest BCUT2D eigenvalue weighted by Gasteiger charge is 2.45. The second kappa shape index (κ2) is 7.18. The van der Waals surface area contributed by atoms with Crippen molar-refractivity contribution in [3.63, 3.8) is 0 Å². The molecule has 3 nitrogen and oxygen atoms in total. The smallest absolute Gasteiger partial charge is 0.303 e. The van der Waals surface area contributed by atoms with Gasteiger partial charge >= 0.3 is 5.97 Å². The van der Waals surface area contributed by atoms with Crippen LogP contribution in [0.4, 0.5) is 0 Å². The highest BCUT2D eigenvalue weighted by molar-refractivity contribution is 5.68. The Morgan fingerprint density at radius 3 is 2.25 bits per heavy atom. The van der Waals surface area contributed by atoms with Crippen LogP contribution >= 0.6 is 0 Å². The number of carbonyl (C=O) groups is 1. The average molecular weight is 323 g/mol. The Hall–Kier alpha value is -2.13. The van der Waals surface area contributed by atoms with Gasteiger partial charge in [-0.05, 0) is 54.2 Å². The van der Waals surface area contributed by atoms with E-state index in [-0.39, 0.29) is 11.8 Å². The Kier molecular flexibility index (Phi) is 5.00. The minimum atomic E-state index is -0.743. The molecule has 0 heterocycles. The summed E-state index contributed by atoms with van der Waals surface area (Å²) in [6, 6.07) is 20.9. The fourth-order valence-corrected chi connectivity index (χ4v) is 4.34. The first-order chi connectivity index (χ1) is 11.6. The van der Waals surface area contributed by atoms with E-state index in [0.29, 0.717) is 18.4 Å². The fraction of sp³-hybridized carbons (Fsp3) is 0.381. The molecule has 1 aliphatic carbocycles. The number of carboxylic acid groups (broad SMARTS) is 1. The molecule has 126 valence electrons. The van der Waals surface area contributed by atoms with Gasteiger partial charge in [-0.3, -0.25) is 4.79 Å². The molecule has 0 amide bonds. The zero-order valence-electron chi connectivity index (χ0n) is 13.9. The van der Waals surface area contributed by atoms with Crippen LogP contribution in [0.25, 0.3) is 0 Å². The molecular formula is C21H25NO2. The van der Waals surface area contributed by atoms with Gasteiger partial charge in [0, 0.05) is 0 Å². The zero-order valence-corrected chi connectivity index (χ0v) is 13.9. The van der Waals surface area contributed by atoms with E-state index in [1.54, 1.807) is 0 Å². The summed E-state index contributed by atoms with van der Waals surface area (Å²) >= 11 is 0. The van der Waals surface area contributed by atoms with Crippen molar-refractivity contribution in [2.45, 2.75) is 31.6 Å². The van der Waals surface area contributed by atoms with Crippen LogP contribution in [0.3, 0.4) is 0 Å². The van der Waals surface area contributed by atoms with Crippen LogP contribution in [0.1, 0.15) is 36.3 Å². The van der Waals surface area contributed by atoms with Gasteiger partial charge in [0.2, 0.25) is 0 Å². The molecule has 2 aromatic rings. The van der Waals surface area contributed by atoms with E-state index in [0.717, 1.165) is 19.3 Å². The maximum absolute atomic E-state index is 11.4. The van der Waals surface area contributed by atoms with Crippen LogP contribution in [0.15, 0.2) is 60.7 Å². The third kappa shape index (κ3) is 3.68. The Labute approximate surface area is 143 Å². The van der Waals surface area contributed by atoms with Gasteiger partial charge in [0.15, 0.2) is 0 Å². The number of hydrogen-bond donors (Lipinski definition) is 2. The SMILES string of the molecule is NCC1(CC(=O)O)CC(Cc2ccccc2)C(c2ccccc2)C1. The fourth-order valence-electron chi connectivity index (χ4n) is 4.34. The summed E-state index contributed by atoms with van der Waals surface area (Å²) in [6.45, 7) is 0.438. The molecular weight excluding hydrogens is 298 g/mol. The first-order valence-electron chi connectivity index (χ1n) is 8.63. The molecule has 3 rings (SSSR count). The lowest BCUT2D eigenvalue weighted by atomic mass is 9.81. The number of nitrogens with two attached hydrogens (primary N) is 1. The van der Waals surface area contributed by atoms with Crippen molar-refractivity contribution < 1.29 is 9.90 Å². The van der Waals surface area contributed by atoms with Crippen molar-refractivity contribution in [3.8, 4) is 0 Å². The van der Waals surface area contributed by atoms with Crippen LogP contribution in [-0.4, -0.2) is 17.6 Å². The van der Waals surface area contributed by atoms with Gasteiger partial charge in [0.25, 0.3) is 0 Å². The van der Waals surface area contributed by atoms with Crippen LogP contribution in [0, 0.1) is 11.3 Å². The summed E-state index contributed by atoms with van der Waals surface area (Å²) in [7, 11) is 0. The topological polar surface area (TPSA) is 63.3 Å². The molecule has 0 spiro atoms. The molecule has 2 aromatic carbocycles. The number of benzene rings is 2. The van der Waals surface area contributed by atoms with E-state index < -0.39 is 5.97 Å². The lowest BCUT2D eigenvalue weighted by Gasteiger charge is -2.25. The van der Waals surface area contributed by atoms with Crippen LogP contribution in [0.2, 0.25) is 0 Å². The zero-order chi connectivity index (χ0) is 17.0. The first-order valence-corrected chi connectivity index (χ1v) is 8.63. The quantitative estimate of drug-likeness (QED) is 0.849. The van der Waals surface area contributed by atoms with E-state index in [1.165, 1.54) is 11.1 Å². The molecule has 1 fully saturated rings. The van der Waals surface area contributed by atoms with Crippen molar-refractivity contribution in [3.05, 3.63) is 71.8 Å². The first kappa shape index (κ1) is 16.7. The molecule has 24 heavy (non-hydrogen) atoms. The Morgan fingerprint density at radius 1 is 1.04 bits per heavy atom. The summed E-state index contributed by atoms with van der Waals surface area (Å²) in [6.07, 6.45) is 2.88. The molecule has 0 radical (unpaired) electrons. The molecule has 0 bridgehead atoms. The number of rotatable bonds is 6. The number of carboxylic acids is 1. The van der Waals surface area contributed by atoms with E-state index in [1.807, 2.05) is 12.1 Å². The summed E-state index contributed by atoms with van der Waals surface area (Å²) < 4.78 is 0. The molecule has 0 saturated heterocycles. The second-order valence-corrected chi connectivity index (χ2v) is 7.15. The Balaban J connectivity index is 1.89. The number of aliphatic carboxylic acids is 1. The Morgan fingerprint density at radius 2 is 1.67 bits per heavy atom. The third-order valence-corrected chi connectivity index (χ3v) is 5.44. The summed E-state index contributed by atoms with van der Waals surface area (Å²) in [4.78, 5) is 11.4. The van der Waals surface area contributed by atoms with Gasteiger partial charge in [-0.2, -0.15) is 0 Å². The van der Waals surface area contributed by atoms with Crippen LogP contribution in [0.5, 0.6) is 0 Å². The third-order valence-electron chi connectivity index (χ3n) is 5.44. The maximum atomic E-state index is 11.4. The largest absolute Gasteiger partial charge is 0.481 e. The predicted molar refractivity (Wildman–Crippen MR) is 95.8 cm³/mol. The lowest BCUT2D eigenvalue weighted by Crippen LogP contribution is -2.30. The van der Waals surface area contributed by atoms with Crippen LogP contribution in [-0.2, 0) is 11.2 Å². The number of hydrogen-bond acceptors (Lipinski definition) is 2. The van der Waals surface area contributed by atoms with Gasteiger partial charge in [-0.25, -0.2) is 0 Å². The molecule has 1 saturated carbocycles. The van der Waals surface area contributed by atoms with Gasteiger partial charge in [0.05, 0.1) is 6.42 Å². The van der Waals surface area contributed by atoms with E-state index >= 15 is 0 Å². The maximum Gasteiger partial charge on any atom is 0.303 e. The lowest BCUT2D eigenvalue weighted by molar-refractivity contribution is -0.139. The minimum absolute atomic E-state index is 0.165. The van der Waals surface area contributed by atoms with Crippen molar-refractivity contribution in [1.82, 2.24) is 0 Å². The predicted octanol–water partition coefficient (Wildman–Crippen LogP) is 3.84. The van der Waals surface area contributed by atoms with E-state index in [4.69, 9.17) is 5.73 Å². The van der Waals surface area contributed by atoms with Crippen molar-refractivity contribution >= 4 is 5.97 Å². The summed E-state index contributed by atoms with van der Waals surface area (Å²) in [5, 5.41) is 9.35. The monoisotopic (exact) mass is 323 g/mol. The molecule has 3 atom stereocenters. The van der Waals surface area contributed by atoms with Gasteiger partial charge in [-0.1, -0.05) is 60.7 Å². The molecule has 3 N–H and O–H groups in total. The van der Waals surface area contributed by atoms with E-state index in [2.05, 4.69) is 48.5 Å². The van der Waals surface area contributed by atoms with Crippen LogP contribution < -0.4 is 5.73 Å². The Bertz CT molecular complexity index is 671. The summed E-state index contributed by atoms with van der Waals surface area (Å²) in [5.41, 5.74) is 8.38. The highest BCUT2D eigenvalue weighted by atomic mass is 16.4. The standard InChI is InChI=1S/C21H25NO2/c22-15-21(14-20(23)24)12-18(11-16-7-3-1-4-8-16)19(13-21)17-9-5-2-6-10-17/h1-10,18-19H,11-15,22H2,(H,23,24). The van der Waals surface area contributed by atoms with Crippen molar-refractivity contribution in [2.24, 2.45) is 17.1 Å². The molecule has 3 heteroatoms. The molecule has 0 aromatic heterocycles. The molecule has 3 unspecified atom stereocenters. The van der Waals surface area contributed by atoms with Gasteiger partial charge in [0.1, 0.15) is 0 Å². The van der Waals surface area contributed by atoms with Crippen molar-refractivity contribution in [2.75, 3.05) is 6.54 Å². The highest BCUT2D eigenvalue weighted by Crippen LogP contribution is 2.52. The van der Waals surface area contributed by atoms with E-state index in [9.17, 15) is 9.90 Å². The van der Waals surface area contributed by atoms with Gasteiger partial charge < -0.3 is 10.8 Å². The normalized spacial score (nSPS) is 26.4. The van der Waals surface area contributed by atoms with Gasteiger partial charge in [-0.15, -0.1) is 0 Å². The molecule has 1 aliphatic rings. The molecule has 0 aliphatic heterocycles. The summed E-state index contributed by atoms with van der Waals surface area (Å²) in [5.74, 6) is 0.0552.